The van der Waals surface area contributed by atoms with Crippen LogP contribution < -0.4 is 16.0 Å². The highest BCUT2D eigenvalue weighted by Crippen LogP contribution is 2.39. The minimum atomic E-state index is -0.435. The fraction of sp³-hybridized carbons (Fsp3) is 0.0800. The van der Waals surface area contributed by atoms with Crippen LogP contribution in [0, 0.1) is 0 Å². The first-order valence-electron chi connectivity index (χ1n) is 10.0. The SMILES string of the molecule is CN(C)c1ccc(NC(=O)c2cc3ccccc3c(N=Nc3ccc(N)cc3)c2O)cc1. The Hall–Kier alpha value is -4.39. The van der Waals surface area contributed by atoms with Crippen molar-refractivity contribution in [3.63, 3.8) is 0 Å². The number of azo groups is 1. The second-order valence-corrected chi connectivity index (χ2v) is 7.53. The molecule has 0 unspecified atom stereocenters. The summed E-state index contributed by atoms with van der Waals surface area (Å²) in [5.41, 5.74) is 8.90. The van der Waals surface area contributed by atoms with Gasteiger partial charge in [0.25, 0.3) is 5.91 Å². The predicted octanol–water partition coefficient (Wildman–Crippen LogP) is 5.86. The van der Waals surface area contributed by atoms with Gasteiger partial charge >= 0.3 is 0 Å². The number of rotatable bonds is 5. The van der Waals surface area contributed by atoms with Gasteiger partial charge in [-0.15, -0.1) is 5.11 Å². The number of aromatic hydroxyl groups is 1. The molecule has 160 valence electrons. The molecule has 0 aliphatic heterocycles. The number of nitrogens with zero attached hydrogens (tertiary/aromatic N) is 3. The maximum absolute atomic E-state index is 13.0. The average molecular weight is 425 g/mol. The van der Waals surface area contributed by atoms with Gasteiger partial charge in [-0.3, -0.25) is 4.79 Å². The van der Waals surface area contributed by atoms with Crippen LogP contribution in [-0.2, 0) is 0 Å². The summed E-state index contributed by atoms with van der Waals surface area (Å²) < 4.78 is 0. The Morgan fingerprint density at radius 2 is 1.62 bits per heavy atom. The minimum absolute atomic E-state index is 0.117. The molecule has 0 aliphatic carbocycles. The quantitative estimate of drug-likeness (QED) is 0.275. The number of anilines is 3. The summed E-state index contributed by atoms with van der Waals surface area (Å²) in [6.45, 7) is 0. The number of phenolic OH excluding ortho intramolecular Hbond substituents is 1. The van der Waals surface area contributed by atoms with Gasteiger partial charge in [0.05, 0.1) is 11.3 Å². The molecule has 32 heavy (non-hydrogen) atoms. The Labute approximate surface area is 185 Å². The standard InChI is InChI=1S/C25H23N5O2/c1-30(2)20-13-11-18(12-14-20)27-25(32)22-15-16-5-3-4-6-21(16)23(24(22)31)29-28-19-9-7-17(26)8-10-19/h3-15,31H,26H2,1-2H3,(H,27,32). The van der Waals surface area contributed by atoms with Crippen molar-refractivity contribution in [2.75, 3.05) is 30.0 Å². The molecular weight excluding hydrogens is 402 g/mol. The molecule has 4 aromatic rings. The van der Waals surface area contributed by atoms with E-state index in [1.54, 1.807) is 30.3 Å². The van der Waals surface area contributed by atoms with E-state index in [0.717, 1.165) is 11.1 Å². The normalized spacial score (nSPS) is 11.1. The Morgan fingerprint density at radius 3 is 2.31 bits per heavy atom. The van der Waals surface area contributed by atoms with Crippen molar-refractivity contribution >= 4 is 45.1 Å². The molecule has 0 saturated heterocycles. The van der Waals surface area contributed by atoms with Gasteiger partial charge < -0.3 is 21.1 Å². The van der Waals surface area contributed by atoms with Crippen molar-refractivity contribution in [3.05, 3.63) is 84.4 Å². The summed E-state index contributed by atoms with van der Waals surface area (Å²) in [6, 6.07) is 23.4. The Morgan fingerprint density at radius 1 is 0.938 bits per heavy atom. The minimum Gasteiger partial charge on any atom is -0.505 e. The van der Waals surface area contributed by atoms with E-state index in [-0.39, 0.29) is 17.0 Å². The van der Waals surface area contributed by atoms with E-state index in [9.17, 15) is 9.90 Å². The zero-order valence-electron chi connectivity index (χ0n) is 17.8. The van der Waals surface area contributed by atoms with Crippen molar-refractivity contribution in [1.29, 1.82) is 0 Å². The van der Waals surface area contributed by atoms with Crippen molar-refractivity contribution < 1.29 is 9.90 Å². The lowest BCUT2D eigenvalue weighted by atomic mass is 10.0. The zero-order chi connectivity index (χ0) is 22.7. The van der Waals surface area contributed by atoms with E-state index in [1.807, 2.05) is 67.5 Å². The molecule has 4 N–H and O–H groups in total. The summed E-state index contributed by atoms with van der Waals surface area (Å²) in [5.74, 6) is -0.667. The van der Waals surface area contributed by atoms with Gasteiger partial charge in [0.15, 0.2) is 5.75 Å². The van der Waals surface area contributed by atoms with E-state index >= 15 is 0 Å². The van der Waals surface area contributed by atoms with Crippen LogP contribution in [0.3, 0.4) is 0 Å². The molecule has 0 saturated carbocycles. The van der Waals surface area contributed by atoms with Crippen molar-refractivity contribution in [2.24, 2.45) is 10.2 Å². The molecule has 7 heteroatoms. The summed E-state index contributed by atoms with van der Waals surface area (Å²) in [7, 11) is 3.89. The van der Waals surface area contributed by atoms with E-state index in [4.69, 9.17) is 5.73 Å². The predicted molar refractivity (Wildman–Crippen MR) is 129 cm³/mol. The molecule has 0 aromatic heterocycles. The van der Waals surface area contributed by atoms with Gasteiger partial charge in [-0.25, -0.2) is 0 Å². The summed E-state index contributed by atoms with van der Waals surface area (Å²) in [4.78, 5) is 15.0. The van der Waals surface area contributed by atoms with Crippen LogP contribution in [0.1, 0.15) is 10.4 Å². The fourth-order valence-electron chi connectivity index (χ4n) is 3.28. The number of carbonyl (C=O) groups is 1. The van der Waals surface area contributed by atoms with Crippen molar-refractivity contribution in [3.8, 4) is 5.75 Å². The smallest absolute Gasteiger partial charge is 0.259 e. The highest BCUT2D eigenvalue weighted by atomic mass is 16.3. The largest absolute Gasteiger partial charge is 0.505 e. The van der Waals surface area contributed by atoms with Crippen LogP contribution >= 0.6 is 0 Å². The third-order valence-electron chi connectivity index (χ3n) is 5.04. The van der Waals surface area contributed by atoms with Crippen molar-refractivity contribution in [1.82, 2.24) is 0 Å². The molecule has 0 fully saturated rings. The third kappa shape index (κ3) is 4.37. The van der Waals surface area contributed by atoms with Crippen LogP contribution in [0.15, 0.2) is 89.1 Å². The molecule has 0 spiro atoms. The number of nitrogens with one attached hydrogen (secondary N) is 1. The number of phenols is 1. The van der Waals surface area contributed by atoms with Crippen LogP contribution in [0.5, 0.6) is 5.75 Å². The molecule has 4 rings (SSSR count). The van der Waals surface area contributed by atoms with Gasteiger partial charge in [0.1, 0.15) is 5.69 Å². The Kier molecular flexibility index (Phi) is 5.72. The fourth-order valence-corrected chi connectivity index (χ4v) is 3.28. The molecule has 0 bridgehead atoms. The number of benzene rings is 4. The van der Waals surface area contributed by atoms with Crippen molar-refractivity contribution in [2.45, 2.75) is 0 Å². The third-order valence-corrected chi connectivity index (χ3v) is 5.04. The maximum Gasteiger partial charge on any atom is 0.259 e. The molecule has 0 heterocycles. The lowest BCUT2D eigenvalue weighted by Crippen LogP contribution is -2.13. The number of carbonyl (C=O) groups excluding carboxylic acids is 1. The lowest BCUT2D eigenvalue weighted by molar-refractivity contribution is 0.102. The van der Waals surface area contributed by atoms with Gasteiger partial charge in [0.2, 0.25) is 0 Å². The molecule has 0 radical (unpaired) electrons. The number of hydrogen-bond donors (Lipinski definition) is 3. The second-order valence-electron chi connectivity index (χ2n) is 7.53. The van der Waals surface area contributed by atoms with Crippen LogP contribution in [0.4, 0.5) is 28.4 Å². The summed E-state index contributed by atoms with van der Waals surface area (Å²) in [6.07, 6.45) is 0. The molecule has 0 atom stereocenters. The number of amides is 1. The molecule has 0 aliphatic rings. The Balaban J connectivity index is 1.71. The first-order chi connectivity index (χ1) is 15.4. The van der Waals surface area contributed by atoms with Crippen LogP contribution in [0.25, 0.3) is 10.8 Å². The Bertz CT molecular complexity index is 1300. The molecule has 4 aromatic carbocycles. The van der Waals surface area contributed by atoms with E-state index in [0.29, 0.717) is 22.4 Å². The number of nitrogens with two attached hydrogens (primary N) is 1. The first-order valence-corrected chi connectivity index (χ1v) is 10.0. The van der Waals surface area contributed by atoms with E-state index in [1.165, 1.54) is 0 Å². The second kappa shape index (κ2) is 8.77. The maximum atomic E-state index is 13.0. The van der Waals surface area contributed by atoms with Gasteiger partial charge in [-0.2, -0.15) is 5.11 Å². The highest BCUT2D eigenvalue weighted by Gasteiger charge is 2.18. The van der Waals surface area contributed by atoms with Crippen LogP contribution in [0.2, 0.25) is 0 Å². The van der Waals surface area contributed by atoms with Crippen LogP contribution in [-0.4, -0.2) is 25.1 Å². The monoisotopic (exact) mass is 425 g/mol. The topological polar surface area (TPSA) is 103 Å². The number of hydrogen-bond acceptors (Lipinski definition) is 6. The van der Waals surface area contributed by atoms with Gasteiger partial charge in [-0.05, 0) is 60.0 Å². The van der Waals surface area contributed by atoms with E-state index in [2.05, 4.69) is 15.5 Å². The molecule has 1 amide bonds. The average Bonchev–Trinajstić information content (AvgIpc) is 2.79. The zero-order valence-corrected chi connectivity index (χ0v) is 17.8. The highest BCUT2D eigenvalue weighted by molar-refractivity contribution is 6.11. The van der Waals surface area contributed by atoms with Gasteiger partial charge in [0, 0.05) is 36.5 Å². The number of nitrogen functional groups attached to an aromatic ring is 1. The summed E-state index contributed by atoms with van der Waals surface area (Å²) >= 11 is 0. The van der Waals surface area contributed by atoms with Gasteiger partial charge in [-0.1, -0.05) is 24.3 Å². The summed E-state index contributed by atoms with van der Waals surface area (Å²) in [5, 5.41) is 23.7. The lowest BCUT2D eigenvalue weighted by Gasteiger charge is -2.14. The molecular formula is C25H23N5O2. The first kappa shape index (κ1) is 20.9. The molecule has 7 nitrogen and oxygen atoms in total. The van der Waals surface area contributed by atoms with E-state index < -0.39 is 5.91 Å². The number of fused-ring (bicyclic) bond motifs is 1.